The number of carbonyl (C=O) groups excluding carboxylic acids is 1. The summed E-state index contributed by atoms with van der Waals surface area (Å²) in [6.45, 7) is -0.420. The number of anilines is 1. The van der Waals surface area contributed by atoms with Gasteiger partial charge in [-0.3, -0.25) is 14.5 Å². The van der Waals surface area contributed by atoms with Crippen molar-refractivity contribution in [2.45, 2.75) is 4.90 Å². The molecule has 0 aliphatic carbocycles. The molecule has 116 valence electrons. The molecular formula is C14H14BrN3O3S. The Bertz CT molecular complexity index is 766. The Kier molecular flexibility index (Phi) is 5.17. The number of hydrazine groups is 1. The molecule has 2 aromatic rings. The highest BCUT2D eigenvalue weighted by atomic mass is 79.9. The van der Waals surface area contributed by atoms with Crippen LogP contribution in [0, 0.1) is 0 Å². The average Bonchev–Trinajstić information content (AvgIpc) is 2.54. The molecule has 8 heteroatoms. The number of halogens is 1. The highest BCUT2D eigenvalue weighted by molar-refractivity contribution is 9.10. The van der Waals surface area contributed by atoms with E-state index in [9.17, 15) is 13.2 Å². The monoisotopic (exact) mass is 383 g/mol. The van der Waals surface area contributed by atoms with E-state index in [0.29, 0.717) is 10.2 Å². The van der Waals surface area contributed by atoms with E-state index < -0.39 is 22.5 Å². The molecule has 0 fully saturated rings. The smallest absolute Gasteiger partial charge is 0.264 e. The van der Waals surface area contributed by atoms with Crippen molar-refractivity contribution < 1.29 is 13.2 Å². The molecule has 0 saturated heterocycles. The lowest BCUT2D eigenvalue weighted by Gasteiger charge is -2.24. The largest absolute Gasteiger partial charge is 0.293 e. The van der Waals surface area contributed by atoms with Gasteiger partial charge in [0.25, 0.3) is 15.9 Å². The van der Waals surface area contributed by atoms with Gasteiger partial charge < -0.3 is 0 Å². The van der Waals surface area contributed by atoms with Gasteiger partial charge in [0.1, 0.15) is 6.54 Å². The molecule has 0 radical (unpaired) electrons. The SMILES string of the molecule is NNC(=O)CN(c1ccccc1Br)S(=O)(=O)c1ccccc1. The van der Waals surface area contributed by atoms with Gasteiger partial charge in [0, 0.05) is 4.47 Å². The lowest BCUT2D eigenvalue weighted by Crippen LogP contribution is -2.43. The van der Waals surface area contributed by atoms with E-state index in [1.807, 2.05) is 5.43 Å². The number of nitrogens with one attached hydrogen (secondary N) is 1. The quantitative estimate of drug-likeness (QED) is 0.466. The Morgan fingerprint density at radius 3 is 2.27 bits per heavy atom. The van der Waals surface area contributed by atoms with Crippen LogP contribution in [-0.4, -0.2) is 20.9 Å². The summed E-state index contributed by atoms with van der Waals surface area (Å²) in [5.74, 6) is 4.47. The maximum absolute atomic E-state index is 12.8. The van der Waals surface area contributed by atoms with Crippen LogP contribution in [0.3, 0.4) is 0 Å². The highest BCUT2D eigenvalue weighted by Crippen LogP contribution is 2.30. The minimum Gasteiger partial charge on any atom is -0.293 e. The van der Waals surface area contributed by atoms with E-state index in [2.05, 4.69) is 15.9 Å². The molecule has 6 nitrogen and oxygen atoms in total. The third-order valence-electron chi connectivity index (χ3n) is 2.90. The summed E-state index contributed by atoms with van der Waals surface area (Å²) in [6, 6.07) is 14.6. The number of amides is 1. The van der Waals surface area contributed by atoms with Gasteiger partial charge in [0.2, 0.25) is 0 Å². The maximum atomic E-state index is 12.8. The van der Waals surface area contributed by atoms with Gasteiger partial charge in [-0.25, -0.2) is 14.3 Å². The Morgan fingerprint density at radius 1 is 1.09 bits per heavy atom. The van der Waals surface area contributed by atoms with Gasteiger partial charge in [-0.15, -0.1) is 0 Å². The third-order valence-corrected chi connectivity index (χ3v) is 5.35. The molecule has 1 amide bonds. The van der Waals surface area contributed by atoms with Crippen LogP contribution in [-0.2, 0) is 14.8 Å². The summed E-state index contributed by atoms with van der Waals surface area (Å²) in [7, 11) is -3.89. The first-order chi connectivity index (χ1) is 10.5. The zero-order valence-electron chi connectivity index (χ0n) is 11.4. The van der Waals surface area contributed by atoms with Gasteiger partial charge >= 0.3 is 0 Å². The first kappa shape index (κ1) is 16.5. The number of carbonyl (C=O) groups is 1. The van der Waals surface area contributed by atoms with Crippen molar-refractivity contribution >= 4 is 37.5 Å². The average molecular weight is 384 g/mol. The first-order valence-electron chi connectivity index (χ1n) is 6.28. The topological polar surface area (TPSA) is 92.5 Å². The van der Waals surface area contributed by atoms with Crippen molar-refractivity contribution in [1.82, 2.24) is 5.43 Å². The number of rotatable bonds is 5. The summed E-state index contributed by atoms with van der Waals surface area (Å²) >= 11 is 3.30. The molecule has 0 unspecified atom stereocenters. The fraction of sp³-hybridized carbons (Fsp3) is 0.0714. The summed E-state index contributed by atoms with van der Waals surface area (Å²) in [5.41, 5.74) is 2.30. The number of nitrogens with two attached hydrogens (primary N) is 1. The van der Waals surface area contributed by atoms with E-state index in [4.69, 9.17) is 5.84 Å². The van der Waals surface area contributed by atoms with Gasteiger partial charge in [0.15, 0.2) is 0 Å². The number of para-hydroxylation sites is 1. The van der Waals surface area contributed by atoms with Crippen molar-refractivity contribution in [3.8, 4) is 0 Å². The fourth-order valence-corrected chi connectivity index (χ4v) is 3.93. The van der Waals surface area contributed by atoms with E-state index in [1.54, 1.807) is 42.5 Å². The first-order valence-corrected chi connectivity index (χ1v) is 8.52. The molecule has 0 bridgehead atoms. The van der Waals surface area contributed by atoms with Crippen LogP contribution in [0.15, 0.2) is 64.0 Å². The third kappa shape index (κ3) is 3.46. The number of nitrogens with zero attached hydrogens (tertiary/aromatic N) is 1. The predicted molar refractivity (Wildman–Crippen MR) is 87.4 cm³/mol. The van der Waals surface area contributed by atoms with Gasteiger partial charge in [-0.05, 0) is 40.2 Å². The van der Waals surface area contributed by atoms with Crippen molar-refractivity contribution in [2.75, 3.05) is 10.8 Å². The van der Waals surface area contributed by atoms with Crippen LogP contribution in [0.5, 0.6) is 0 Å². The molecule has 3 N–H and O–H groups in total. The van der Waals surface area contributed by atoms with E-state index >= 15 is 0 Å². The standard InChI is InChI=1S/C14H14BrN3O3S/c15-12-8-4-5-9-13(12)18(10-14(19)17-16)22(20,21)11-6-2-1-3-7-11/h1-9H,10,16H2,(H,17,19). The van der Waals surface area contributed by atoms with Crippen LogP contribution < -0.4 is 15.6 Å². The minimum atomic E-state index is -3.89. The Balaban J connectivity index is 2.54. The van der Waals surface area contributed by atoms with Crippen molar-refractivity contribution in [3.05, 3.63) is 59.1 Å². The molecule has 2 rings (SSSR count). The molecule has 22 heavy (non-hydrogen) atoms. The number of benzene rings is 2. The lowest BCUT2D eigenvalue weighted by molar-refractivity contribution is -0.119. The minimum absolute atomic E-state index is 0.0931. The summed E-state index contributed by atoms with van der Waals surface area (Å²) < 4.78 is 27.2. The Morgan fingerprint density at radius 2 is 1.68 bits per heavy atom. The molecule has 0 atom stereocenters. The van der Waals surface area contributed by atoms with E-state index in [0.717, 1.165) is 4.31 Å². The highest BCUT2D eigenvalue weighted by Gasteiger charge is 2.28. The van der Waals surface area contributed by atoms with Crippen LogP contribution in [0.25, 0.3) is 0 Å². The van der Waals surface area contributed by atoms with Crippen molar-refractivity contribution in [2.24, 2.45) is 5.84 Å². The molecule has 0 spiro atoms. The zero-order valence-corrected chi connectivity index (χ0v) is 13.8. The Labute approximate surface area is 137 Å². The summed E-state index contributed by atoms with van der Waals surface area (Å²) in [5, 5.41) is 0. The van der Waals surface area contributed by atoms with E-state index in [1.165, 1.54) is 12.1 Å². The van der Waals surface area contributed by atoms with E-state index in [-0.39, 0.29) is 4.90 Å². The normalized spacial score (nSPS) is 11.0. The summed E-state index contributed by atoms with van der Waals surface area (Å²) in [4.78, 5) is 11.7. The van der Waals surface area contributed by atoms with Gasteiger partial charge in [-0.2, -0.15) is 0 Å². The molecule has 0 aliphatic rings. The molecule has 2 aromatic carbocycles. The second-order valence-corrected chi connectivity index (χ2v) is 7.06. The molecule has 0 aliphatic heterocycles. The fourth-order valence-electron chi connectivity index (χ4n) is 1.85. The second-order valence-electron chi connectivity index (χ2n) is 4.34. The number of sulfonamides is 1. The van der Waals surface area contributed by atoms with Gasteiger partial charge in [-0.1, -0.05) is 30.3 Å². The van der Waals surface area contributed by atoms with Crippen LogP contribution in [0.2, 0.25) is 0 Å². The lowest BCUT2D eigenvalue weighted by atomic mass is 10.3. The number of hydrogen-bond donors (Lipinski definition) is 2. The Hall–Kier alpha value is -1.90. The zero-order chi connectivity index (χ0) is 16.2. The molecular weight excluding hydrogens is 370 g/mol. The molecule has 0 aromatic heterocycles. The number of hydrogen-bond acceptors (Lipinski definition) is 4. The van der Waals surface area contributed by atoms with Crippen LogP contribution >= 0.6 is 15.9 Å². The summed E-state index contributed by atoms with van der Waals surface area (Å²) in [6.07, 6.45) is 0. The van der Waals surface area contributed by atoms with Crippen molar-refractivity contribution in [1.29, 1.82) is 0 Å². The maximum Gasteiger partial charge on any atom is 0.264 e. The van der Waals surface area contributed by atoms with Crippen LogP contribution in [0.4, 0.5) is 5.69 Å². The van der Waals surface area contributed by atoms with Crippen molar-refractivity contribution in [3.63, 3.8) is 0 Å². The molecule has 0 saturated carbocycles. The van der Waals surface area contributed by atoms with Gasteiger partial charge in [0.05, 0.1) is 10.6 Å². The molecule has 0 heterocycles. The predicted octanol–water partition coefficient (Wildman–Crippen LogP) is 1.63. The van der Waals surface area contributed by atoms with Crippen LogP contribution in [0.1, 0.15) is 0 Å². The second kappa shape index (κ2) is 6.91.